The van der Waals surface area contributed by atoms with Gasteiger partial charge in [-0.3, -0.25) is 14.4 Å². The Morgan fingerprint density at radius 3 is 2.37 bits per heavy atom. The molecule has 0 saturated carbocycles. The molecule has 3 amide bonds. The summed E-state index contributed by atoms with van der Waals surface area (Å²) in [4.78, 5) is 43.4. The van der Waals surface area contributed by atoms with E-state index in [1.165, 1.54) is 36.0 Å². The Morgan fingerprint density at radius 1 is 0.860 bits per heavy atom. The van der Waals surface area contributed by atoms with Crippen molar-refractivity contribution >= 4 is 57.8 Å². The van der Waals surface area contributed by atoms with Crippen LogP contribution in [0.2, 0.25) is 0 Å². The highest BCUT2D eigenvalue weighted by Crippen LogP contribution is 2.29. The van der Waals surface area contributed by atoms with E-state index in [0.29, 0.717) is 23.4 Å². The van der Waals surface area contributed by atoms with Crippen LogP contribution in [0, 0.1) is 5.82 Å². The molecular formula is C34H29FN4O3S. The number of rotatable bonds is 10. The number of aromatic amines is 1. The van der Waals surface area contributed by atoms with Gasteiger partial charge in [0.2, 0.25) is 5.91 Å². The van der Waals surface area contributed by atoms with Crippen molar-refractivity contribution in [2.45, 2.75) is 23.5 Å². The van der Waals surface area contributed by atoms with Gasteiger partial charge in [-0.25, -0.2) is 4.39 Å². The van der Waals surface area contributed by atoms with Crippen LogP contribution in [-0.4, -0.2) is 28.0 Å². The maximum atomic E-state index is 13.6. The lowest BCUT2D eigenvalue weighted by Crippen LogP contribution is -2.30. The lowest BCUT2D eigenvalue weighted by Gasteiger charge is -2.16. The molecule has 4 N–H and O–H groups in total. The van der Waals surface area contributed by atoms with E-state index in [0.717, 1.165) is 21.4 Å². The monoisotopic (exact) mass is 592 g/mol. The van der Waals surface area contributed by atoms with Crippen LogP contribution < -0.4 is 16.0 Å². The van der Waals surface area contributed by atoms with Crippen LogP contribution in [0.15, 0.2) is 120 Å². The zero-order valence-electron chi connectivity index (χ0n) is 23.3. The van der Waals surface area contributed by atoms with Crippen LogP contribution in [0.4, 0.5) is 15.8 Å². The van der Waals surface area contributed by atoms with Gasteiger partial charge in [0, 0.05) is 44.5 Å². The number of fused-ring (bicyclic) bond motifs is 1. The van der Waals surface area contributed by atoms with E-state index in [-0.39, 0.29) is 17.4 Å². The van der Waals surface area contributed by atoms with Crippen molar-refractivity contribution in [3.8, 4) is 0 Å². The van der Waals surface area contributed by atoms with Crippen molar-refractivity contribution in [3.63, 3.8) is 0 Å². The second-order valence-corrected chi connectivity index (χ2v) is 10.9. The molecule has 0 spiro atoms. The smallest absolute Gasteiger partial charge is 0.272 e. The summed E-state index contributed by atoms with van der Waals surface area (Å²) in [5, 5.41) is 8.96. The summed E-state index contributed by atoms with van der Waals surface area (Å²) in [6.45, 7) is 1.91. The summed E-state index contributed by atoms with van der Waals surface area (Å²) >= 11 is 1.36. The van der Waals surface area contributed by atoms with E-state index in [1.807, 2.05) is 43.3 Å². The van der Waals surface area contributed by atoms with Crippen molar-refractivity contribution in [2.24, 2.45) is 0 Å². The van der Waals surface area contributed by atoms with E-state index >= 15 is 0 Å². The topological polar surface area (TPSA) is 103 Å². The van der Waals surface area contributed by atoms with Crippen LogP contribution in [0.3, 0.4) is 0 Å². The second-order valence-electron chi connectivity index (χ2n) is 9.66. The van der Waals surface area contributed by atoms with E-state index in [2.05, 4.69) is 20.9 Å². The summed E-state index contributed by atoms with van der Waals surface area (Å²) in [5.41, 5.74) is 3.16. The molecule has 0 aliphatic heterocycles. The molecule has 0 saturated heterocycles. The SMILES string of the molecule is CCC(Sc1cccc(NC(=O)/C(=C/c2c[nH]c3ccccc23)NC(=O)c2ccccc2)c1)C(=O)Nc1ccc(F)cc1. The van der Waals surface area contributed by atoms with Crippen molar-refractivity contribution < 1.29 is 18.8 Å². The lowest BCUT2D eigenvalue weighted by molar-refractivity contribution is -0.116. The first kappa shape index (κ1) is 29.3. The molecule has 0 bridgehead atoms. The Kier molecular flexibility index (Phi) is 9.33. The Bertz CT molecular complexity index is 1780. The van der Waals surface area contributed by atoms with Crippen molar-refractivity contribution in [3.05, 3.63) is 132 Å². The second kappa shape index (κ2) is 13.7. The number of amides is 3. The first-order valence-corrected chi connectivity index (χ1v) is 14.6. The van der Waals surface area contributed by atoms with Gasteiger partial charge in [-0.1, -0.05) is 49.4 Å². The number of hydrogen-bond acceptors (Lipinski definition) is 4. The highest BCUT2D eigenvalue weighted by molar-refractivity contribution is 8.00. The number of nitrogens with one attached hydrogen (secondary N) is 4. The van der Waals surface area contributed by atoms with Gasteiger partial charge in [-0.2, -0.15) is 0 Å². The average molecular weight is 593 g/mol. The van der Waals surface area contributed by atoms with Crippen molar-refractivity contribution in [1.29, 1.82) is 0 Å². The minimum atomic E-state index is -0.502. The summed E-state index contributed by atoms with van der Waals surface area (Å²) in [6, 6.07) is 29.1. The van der Waals surface area contributed by atoms with Gasteiger partial charge in [0.1, 0.15) is 11.5 Å². The zero-order chi connectivity index (χ0) is 30.2. The van der Waals surface area contributed by atoms with Crippen molar-refractivity contribution in [1.82, 2.24) is 10.3 Å². The highest BCUT2D eigenvalue weighted by atomic mass is 32.2. The molecule has 216 valence electrons. The number of benzene rings is 4. The molecule has 7 nitrogen and oxygen atoms in total. The minimum Gasteiger partial charge on any atom is -0.361 e. The number of H-pyrrole nitrogens is 1. The van der Waals surface area contributed by atoms with Gasteiger partial charge in [-0.15, -0.1) is 11.8 Å². The maximum absolute atomic E-state index is 13.6. The number of carbonyl (C=O) groups is 3. The quantitative estimate of drug-likeness (QED) is 0.102. The number of aromatic nitrogens is 1. The van der Waals surface area contributed by atoms with E-state index in [1.54, 1.807) is 54.7 Å². The Morgan fingerprint density at radius 2 is 1.60 bits per heavy atom. The Hall–Kier alpha value is -5.15. The van der Waals surface area contributed by atoms with Crippen LogP contribution in [-0.2, 0) is 9.59 Å². The van der Waals surface area contributed by atoms with E-state index in [9.17, 15) is 18.8 Å². The lowest BCUT2D eigenvalue weighted by atomic mass is 10.1. The summed E-state index contributed by atoms with van der Waals surface area (Å²) in [5.74, 6) is -1.50. The van der Waals surface area contributed by atoms with E-state index < -0.39 is 17.1 Å². The normalized spacial score (nSPS) is 12.0. The first-order chi connectivity index (χ1) is 20.9. The van der Waals surface area contributed by atoms with Gasteiger partial charge in [-0.05, 0) is 73.2 Å². The highest BCUT2D eigenvalue weighted by Gasteiger charge is 2.20. The molecule has 4 aromatic carbocycles. The average Bonchev–Trinajstić information content (AvgIpc) is 3.43. The summed E-state index contributed by atoms with van der Waals surface area (Å²) < 4.78 is 13.2. The molecule has 1 aromatic heterocycles. The van der Waals surface area contributed by atoms with Gasteiger partial charge in [0.25, 0.3) is 11.8 Å². The molecule has 9 heteroatoms. The van der Waals surface area contributed by atoms with Gasteiger partial charge in [0.15, 0.2) is 0 Å². The number of halogens is 1. The molecule has 5 rings (SSSR count). The Balaban J connectivity index is 1.34. The fourth-order valence-electron chi connectivity index (χ4n) is 4.40. The Labute approximate surface area is 252 Å². The molecule has 0 radical (unpaired) electrons. The van der Waals surface area contributed by atoms with Crippen molar-refractivity contribution in [2.75, 3.05) is 10.6 Å². The third-order valence-corrected chi connectivity index (χ3v) is 7.95. The molecule has 43 heavy (non-hydrogen) atoms. The van der Waals surface area contributed by atoms with Crippen LogP contribution in [0.1, 0.15) is 29.3 Å². The van der Waals surface area contributed by atoms with Crippen LogP contribution >= 0.6 is 11.8 Å². The number of anilines is 2. The predicted octanol–water partition coefficient (Wildman–Crippen LogP) is 7.23. The molecule has 1 unspecified atom stereocenters. The molecule has 0 aliphatic carbocycles. The third kappa shape index (κ3) is 7.58. The minimum absolute atomic E-state index is 0.0711. The molecule has 1 heterocycles. The zero-order valence-corrected chi connectivity index (χ0v) is 24.1. The number of carbonyl (C=O) groups excluding carboxylic acids is 3. The molecule has 5 aromatic rings. The summed E-state index contributed by atoms with van der Waals surface area (Å²) in [6.07, 6.45) is 3.98. The number of hydrogen-bond donors (Lipinski definition) is 4. The standard InChI is InChI=1S/C34H29FN4O3S/c1-2-31(34(42)37-25-17-15-24(35)16-18-25)43-27-12-8-11-26(20-27)38-33(41)30(39-32(40)22-9-4-3-5-10-22)19-23-21-36-29-14-7-6-13-28(23)29/h3-21,31,36H,2H2,1H3,(H,37,42)(H,38,41)(H,39,40)/b30-19-. The molecule has 0 aliphatic rings. The summed E-state index contributed by atoms with van der Waals surface area (Å²) in [7, 11) is 0. The van der Waals surface area contributed by atoms with Gasteiger partial charge >= 0.3 is 0 Å². The predicted molar refractivity (Wildman–Crippen MR) is 170 cm³/mol. The maximum Gasteiger partial charge on any atom is 0.272 e. The van der Waals surface area contributed by atoms with Gasteiger partial charge < -0.3 is 20.9 Å². The van der Waals surface area contributed by atoms with Gasteiger partial charge in [0.05, 0.1) is 5.25 Å². The molecule has 1 atom stereocenters. The largest absolute Gasteiger partial charge is 0.361 e. The fraction of sp³-hybridized carbons (Fsp3) is 0.0882. The van der Waals surface area contributed by atoms with Crippen LogP contribution in [0.25, 0.3) is 17.0 Å². The number of thioether (sulfide) groups is 1. The fourth-order valence-corrected chi connectivity index (χ4v) is 5.41. The van der Waals surface area contributed by atoms with Crippen LogP contribution in [0.5, 0.6) is 0 Å². The molecule has 0 fully saturated rings. The van der Waals surface area contributed by atoms with E-state index in [4.69, 9.17) is 0 Å². The first-order valence-electron chi connectivity index (χ1n) is 13.7. The third-order valence-electron chi connectivity index (χ3n) is 6.60. The molecular weight excluding hydrogens is 563 g/mol. The number of para-hydroxylation sites is 1.